The largest absolute Gasteiger partial charge is 0.496 e. The normalized spacial score (nSPS) is 25.4. The van der Waals surface area contributed by atoms with Crippen LogP contribution in [0.5, 0.6) is 5.75 Å². The minimum atomic E-state index is -0.137. The molecule has 5 nitrogen and oxygen atoms in total. The van der Waals surface area contributed by atoms with Crippen LogP contribution in [0.15, 0.2) is 48.7 Å². The van der Waals surface area contributed by atoms with Crippen LogP contribution in [0.4, 0.5) is 0 Å². The standard InChI is InChI=1S/C24H23ClO5/c25-18-8-16-11-27-14-30-24(16)17(9-18)12-28-19-6-7-20-22(10-19)29-13-21(23(20)26)15-4-2-1-3-5-15/h1-5,8-9,13,19-20,22H,6-7,10-12,14H2. The fourth-order valence-corrected chi connectivity index (χ4v) is 4.77. The second kappa shape index (κ2) is 8.42. The highest BCUT2D eigenvalue weighted by atomic mass is 35.5. The van der Waals surface area contributed by atoms with Crippen LogP contribution in [0.3, 0.4) is 0 Å². The number of hydrogen-bond acceptors (Lipinski definition) is 5. The lowest BCUT2D eigenvalue weighted by atomic mass is 9.78. The van der Waals surface area contributed by atoms with Gasteiger partial charge in [0.05, 0.1) is 37.1 Å². The molecule has 3 aliphatic rings. The third-order valence-electron chi connectivity index (χ3n) is 6.02. The number of benzene rings is 2. The van der Waals surface area contributed by atoms with Crippen LogP contribution in [0.1, 0.15) is 36.0 Å². The molecule has 30 heavy (non-hydrogen) atoms. The first kappa shape index (κ1) is 19.6. The van der Waals surface area contributed by atoms with E-state index in [4.69, 9.17) is 30.5 Å². The van der Waals surface area contributed by atoms with Crippen LogP contribution in [0, 0.1) is 5.92 Å². The second-order valence-corrected chi connectivity index (χ2v) is 8.39. The molecule has 1 fully saturated rings. The van der Waals surface area contributed by atoms with Crippen LogP contribution in [-0.4, -0.2) is 24.8 Å². The highest BCUT2D eigenvalue weighted by Crippen LogP contribution is 2.38. The molecule has 6 heteroatoms. The molecule has 156 valence electrons. The SMILES string of the molecule is O=C1C(c2ccccc2)=COC2CC(OCc3cc(Cl)cc4c3OCOC4)CCC12. The number of carbonyl (C=O) groups is 1. The predicted molar refractivity (Wildman–Crippen MR) is 112 cm³/mol. The van der Waals surface area contributed by atoms with Gasteiger partial charge in [-0.3, -0.25) is 4.79 Å². The van der Waals surface area contributed by atoms with Gasteiger partial charge in [-0.2, -0.15) is 0 Å². The Morgan fingerprint density at radius 2 is 2.00 bits per heavy atom. The van der Waals surface area contributed by atoms with E-state index in [0.29, 0.717) is 30.2 Å². The molecule has 0 bridgehead atoms. The summed E-state index contributed by atoms with van der Waals surface area (Å²) in [6.45, 7) is 1.13. The van der Waals surface area contributed by atoms with Crippen LogP contribution < -0.4 is 4.74 Å². The number of ketones is 1. The van der Waals surface area contributed by atoms with Gasteiger partial charge in [-0.05, 0) is 30.5 Å². The molecule has 2 heterocycles. The minimum Gasteiger partial charge on any atom is -0.496 e. The molecular weight excluding hydrogens is 404 g/mol. The summed E-state index contributed by atoms with van der Waals surface area (Å²) < 4.78 is 23.2. The van der Waals surface area contributed by atoms with Crippen LogP contribution in [0.25, 0.3) is 5.57 Å². The van der Waals surface area contributed by atoms with E-state index in [9.17, 15) is 4.79 Å². The number of carbonyl (C=O) groups excluding carboxylic acids is 1. The number of allylic oxidation sites excluding steroid dienone is 1. The molecule has 5 rings (SSSR count). The van der Waals surface area contributed by atoms with Crippen molar-refractivity contribution >= 4 is 23.0 Å². The van der Waals surface area contributed by atoms with E-state index in [1.807, 2.05) is 42.5 Å². The summed E-state index contributed by atoms with van der Waals surface area (Å²) in [6.07, 6.45) is 3.80. The molecule has 0 amide bonds. The van der Waals surface area contributed by atoms with Crippen molar-refractivity contribution in [1.29, 1.82) is 0 Å². The Balaban J connectivity index is 1.25. The fourth-order valence-electron chi connectivity index (χ4n) is 4.51. The fraction of sp³-hybridized carbons (Fsp3) is 0.375. The zero-order valence-electron chi connectivity index (χ0n) is 16.5. The van der Waals surface area contributed by atoms with Gasteiger partial charge in [0.2, 0.25) is 0 Å². The van der Waals surface area contributed by atoms with Gasteiger partial charge in [0, 0.05) is 22.6 Å². The first-order chi connectivity index (χ1) is 14.7. The Morgan fingerprint density at radius 3 is 2.87 bits per heavy atom. The molecule has 2 aromatic rings. The highest BCUT2D eigenvalue weighted by molar-refractivity contribution is 6.30. The van der Waals surface area contributed by atoms with Gasteiger partial charge in [0.1, 0.15) is 11.9 Å². The number of fused-ring (bicyclic) bond motifs is 2. The van der Waals surface area contributed by atoms with Crippen molar-refractivity contribution in [1.82, 2.24) is 0 Å². The van der Waals surface area contributed by atoms with Crippen molar-refractivity contribution in [3.05, 3.63) is 70.4 Å². The molecule has 1 saturated carbocycles. The summed E-state index contributed by atoms with van der Waals surface area (Å²) in [5.41, 5.74) is 3.45. The molecule has 0 aromatic heterocycles. The highest BCUT2D eigenvalue weighted by Gasteiger charge is 2.40. The lowest BCUT2D eigenvalue weighted by Gasteiger charge is -2.37. The molecule has 1 aliphatic carbocycles. The van der Waals surface area contributed by atoms with Crippen LogP contribution in [0.2, 0.25) is 5.02 Å². The quantitative estimate of drug-likeness (QED) is 0.696. The van der Waals surface area contributed by atoms with Gasteiger partial charge in [0.25, 0.3) is 0 Å². The Kier molecular flexibility index (Phi) is 5.50. The van der Waals surface area contributed by atoms with Crippen molar-refractivity contribution in [3.8, 4) is 5.75 Å². The van der Waals surface area contributed by atoms with E-state index >= 15 is 0 Å². The van der Waals surface area contributed by atoms with Crippen molar-refractivity contribution < 1.29 is 23.7 Å². The molecule has 3 atom stereocenters. The molecule has 2 aliphatic heterocycles. The Labute approximate surface area is 180 Å². The number of rotatable bonds is 4. The third-order valence-corrected chi connectivity index (χ3v) is 6.24. The van der Waals surface area contributed by atoms with Crippen molar-refractivity contribution in [2.24, 2.45) is 5.92 Å². The average molecular weight is 427 g/mol. The summed E-state index contributed by atoms with van der Waals surface area (Å²) in [6, 6.07) is 13.5. The average Bonchev–Trinajstić information content (AvgIpc) is 2.78. The lowest BCUT2D eigenvalue weighted by molar-refractivity contribution is -0.128. The Bertz CT molecular complexity index is 971. The van der Waals surface area contributed by atoms with Gasteiger partial charge < -0.3 is 18.9 Å². The zero-order chi connectivity index (χ0) is 20.5. The summed E-state index contributed by atoms with van der Waals surface area (Å²) >= 11 is 6.24. The first-order valence-electron chi connectivity index (χ1n) is 10.3. The van der Waals surface area contributed by atoms with Crippen molar-refractivity contribution in [2.45, 2.75) is 44.7 Å². The maximum Gasteiger partial charge on any atom is 0.189 e. The van der Waals surface area contributed by atoms with E-state index in [-0.39, 0.29) is 30.7 Å². The number of ether oxygens (including phenoxy) is 4. The molecule has 0 N–H and O–H groups in total. The molecule has 0 spiro atoms. The van der Waals surface area contributed by atoms with Crippen LogP contribution in [-0.2, 0) is 32.2 Å². The van der Waals surface area contributed by atoms with Crippen LogP contribution >= 0.6 is 11.6 Å². The monoisotopic (exact) mass is 426 g/mol. The van der Waals surface area contributed by atoms with Crippen molar-refractivity contribution in [3.63, 3.8) is 0 Å². The first-order valence-corrected chi connectivity index (χ1v) is 10.7. The van der Waals surface area contributed by atoms with Gasteiger partial charge in [-0.15, -0.1) is 0 Å². The Morgan fingerprint density at radius 1 is 1.13 bits per heavy atom. The third kappa shape index (κ3) is 3.85. The van der Waals surface area contributed by atoms with E-state index in [2.05, 4.69) is 0 Å². The molecular formula is C24H23ClO5. The lowest BCUT2D eigenvalue weighted by Crippen LogP contribution is -2.41. The van der Waals surface area contributed by atoms with Gasteiger partial charge in [-0.25, -0.2) is 0 Å². The maximum absolute atomic E-state index is 13.0. The second-order valence-electron chi connectivity index (χ2n) is 7.95. The maximum atomic E-state index is 13.0. The van der Waals surface area contributed by atoms with Crippen molar-refractivity contribution in [2.75, 3.05) is 6.79 Å². The number of hydrogen-bond donors (Lipinski definition) is 0. The molecule has 0 radical (unpaired) electrons. The number of Topliss-reactive ketones (excluding diaryl/α,β-unsaturated/α-hetero) is 1. The Hall–Kier alpha value is -2.34. The van der Waals surface area contributed by atoms with E-state index < -0.39 is 0 Å². The van der Waals surface area contributed by atoms with E-state index in [1.165, 1.54) is 0 Å². The summed E-state index contributed by atoms with van der Waals surface area (Å²) in [5.74, 6) is 0.872. The topological polar surface area (TPSA) is 54.0 Å². The molecule has 2 aromatic carbocycles. The summed E-state index contributed by atoms with van der Waals surface area (Å²) in [4.78, 5) is 13.0. The molecule has 0 saturated heterocycles. The predicted octanol–water partition coefficient (Wildman–Crippen LogP) is 4.90. The molecule has 3 unspecified atom stereocenters. The summed E-state index contributed by atoms with van der Waals surface area (Å²) in [7, 11) is 0. The van der Waals surface area contributed by atoms with Gasteiger partial charge >= 0.3 is 0 Å². The van der Waals surface area contributed by atoms with E-state index in [1.54, 1.807) is 6.26 Å². The summed E-state index contributed by atoms with van der Waals surface area (Å²) in [5, 5.41) is 0.643. The van der Waals surface area contributed by atoms with Gasteiger partial charge in [0.15, 0.2) is 12.6 Å². The zero-order valence-corrected chi connectivity index (χ0v) is 17.3. The smallest absolute Gasteiger partial charge is 0.189 e. The van der Waals surface area contributed by atoms with E-state index in [0.717, 1.165) is 35.3 Å². The minimum absolute atomic E-state index is 0.0280. The number of halogens is 1. The van der Waals surface area contributed by atoms with Gasteiger partial charge in [-0.1, -0.05) is 41.9 Å².